The molecular weight excluding hydrogens is 487 g/mol. The molecule has 3 rings (SSSR count). The van der Waals surface area contributed by atoms with E-state index in [0.717, 1.165) is 36.7 Å². The van der Waals surface area contributed by atoms with Gasteiger partial charge in [-0.25, -0.2) is 0 Å². The Balaban J connectivity index is 0.00000320. The number of aryl methyl sites for hydroxylation is 1. The van der Waals surface area contributed by atoms with E-state index in [-0.39, 0.29) is 24.0 Å². The van der Waals surface area contributed by atoms with Gasteiger partial charge in [0.25, 0.3) is 0 Å². The number of pyridine rings is 1. The summed E-state index contributed by atoms with van der Waals surface area (Å²) in [5.74, 6) is 1.32. The molecule has 0 fully saturated rings. The molecule has 0 aliphatic carbocycles. The molecule has 0 radical (unpaired) electrons. The van der Waals surface area contributed by atoms with E-state index in [0.29, 0.717) is 12.5 Å². The summed E-state index contributed by atoms with van der Waals surface area (Å²) in [6.45, 7) is 8.80. The van der Waals surface area contributed by atoms with Crippen LogP contribution in [-0.4, -0.2) is 45.8 Å². The second-order valence-electron chi connectivity index (χ2n) is 7.70. The molecule has 0 aliphatic rings. The average molecular weight is 520 g/mol. The normalized spacial score (nSPS) is 11.6. The van der Waals surface area contributed by atoms with Crippen LogP contribution in [0.2, 0.25) is 0 Å². The summed E-state index contributed by atoms with van der Waals surface area (Å²) in [7, 11) is 4.06. The lowest BCUT2D eigenvalue weighted by atomic mass is 10.1. The molecule has 0 atom stereocenters. The minimum atomic E-state index is 0. The number of aliphatic imine (C=N–C) groups is 1. The SMILES string of the molecule is CCNC(=NCCc1cccc2cccnc12)N(C)Cc1cn(C)nc1C(C)C.I. The number of guanidine groups is 1. The Hall–Kier alpha value is -2.16. The Labute approximate surface area is 196 Å². The summed E-state index contributed by atoms with van der Waals surface area (Å²) >= 11 is 0. The Morgan fingerprint density at radius 2 is 1.97 bits per heavy atom. The molecule has 3 aromatic rings. The Kier molecular flexibility index (Phi) is 9.08. The van der Waals surface area contributed by atoms with Crippen LogP contribution in [0.4, 0.5) is 0 Å². The molecule has 7 heteroatoms. The van der Waals surface area contributed by atoms with E-state index in [1.54, 1.807) is 0 Å². The number of nitrogens with one attached hydrogen (secondary N) is 1. The van der Waals surface area contributed by atoms with Crippen molar-refractivity contribution in [3.63, 3.8) is 0 Å². The molecule has 2 heterocycles. The monoisotopic (exact) mass is 520 g/mol. The predicted molar refractivity (Wildman–Crippen MR) is 136 cm³/mol. The second-order valence-corrected chi connectivity index (χ2v) is 7.70. The van der Waals surface area contributed by atoms with Crippen molar-refractivity contribution in [2.45, 2.75) is 39.7 Å². The maximum absolute atomic E-state index is 4.87. The standard InChI is InChI=1S/C23H32N6.HI/c1-6-24-23(28(4)15-20-16-29(5)27-21(20)17(2)3)26-14-12-19-10-7-9-18-11-8-13-25-22(18)19;/h7-11,13,16-17H,6,12,14-15H2,1-5H3,(H,24,26);1H. The molecule has 30 heavy (non-hydrogen) atoms. The van der Waals surface area contributed by atoms with Gasteiger partial charge in [0.2, 0.25) is 0 Å². The first-order chi connectivity index (χ1) is 14.0. The number of rotatable bonds is 7. The van der Waals surface area contributed by atoms with Gasteiger partial charge in [-0.05, 0) is 30.9 Å². The lowest BCUT2D eigenvalue weighted by molar-refractivity contribution is 0.473. The number of para-hydroxylation sites is 1. The minimum absolute atomic E-state index is 0. The van der Waals surface area contributed by atoms with Crippen LogP contribution in [0.3, 0.4) is 0 Å². The highest BCUT2D eigenvalue weighted by molar-refractivity contribution is 14.0. The molecule has 1 aromatic carbocycles. The van der Waals surface area contributed by atoms with Gasteiger partial charge in [0.1, 0.15) is 0 Å². The third-order valence-corrected chi connectivity index (χ3v) is 4.95. The van der Waals surface area contributed by atoms with Gasteiger partial charge in [-0.3, -0.25) is 14.7 Å². The third-order valence-electron chi connectivity index (χ3n) is 4.95. The zero-order chi connectivity index (χ0) is 20.8. The summed E-state index contributed by atoms with van der Waals surface area (Å²) in [6.07, 6.45) is 4.82. The number of aromatic nitrogens is 3. The first kappa shape index (κ1) is 24.1. The second kappa shape index (κ2) is 11.3. The minimum Gasteiger partial charge on any atom is -0.357 e. The maximum atomic E-state index is 4.87. The van der Waals surface area contributed by atoms with Gasteiger partial charge < -0.3 is 10.2 Å². The zero-order valence-electron chi connectivity index (χ0n) is 18.6. The van der Waals surface area contributed by atoms with E-state index in [1.165, 1.54) is 16.5 Å². The molecular formula is C23H33IN6. The fraction of sp³-hybridized carbons (Fsp3) is 0.435. The molecule has 6 nitrogen and oxygen atoms in total. The van der Waals surface area contributed by atoms with Crippen LogP contribution in [-0.2, 0) is 20.0 Å². The van der Waals surface area contributed by atoms with E-state index in [4.69, 9.17) is 4.99 Å². The van der Waals surface area contributed by atoms with Crippen molar-refractivity contribution in [2.75, 3.05) is 20.1 Å². The molecule has 1 N–H and O–H groups in total. The lowest BCUT2D eigenvalue weighted by Gasteiger charge is -2.22. The number of benzene rings is 1. The van der Waals surface area contributed by atoms with Gasteiger partial charge in [-0.2, -0.15) is 5.10 Å². The third kappa shape index (κ3) is 5.93. The lowest BCUT2D eigenvalue weighted by Crippen LogP contribution is -2.38. The van der Waals surface area contributed by atoms with Crippen molar-refractivity contribution < 1.29 is 0 Å². The van der Waals surface area contributed by atoms with Crippen LogP contribution in [0.15, 0.2) is 47.7 Å². The summed E-state index contributed by atoms with van der Waals surface area (Å²) < 4.78 is 1.90. The van der Waals surface area contributed by atoms with Gasteiger partial charge in [0.05, 0.1) is 11.2 Å². The number of fused-ring (bicyclic) bond motifs is 1. The van der Waals surface area contributed by atoms with Crippen LogP contribution in [0.5, 0.6) is 0 Å². The van der Waals surface area contributed by atoms with Gasteiger partial charge in [-0.1, -0.05) is 38.1 Å². The Bertz CT molecular complexity index is 973. The highest BCUT2D eigenvalue weighted by Gasteiger charge is 2.15. The number of nitrogens with zero attached hydrogens (tertiary/aromatic N) is 5. The molecule has 0 saturated carbocycles. The largest absolute Gasteiger partial charge is 0.357 e. The summed E-state index contributed by atoms with van der Waals surface area (Å²) in [4.78, 5) is 11.6. The van der Waals surface area contributed by atoms with E-state index in [9.17, 15) is 0 Å². The van der Waals surface area contributed by atoms with Crippen molar-refractivity contribution in [3.05, 3.63) is 59.5 Å². The predicted octanol–water partition coefficient (Wildman–Crippen LogP) is 4.35. The van der Waals surface area contributed by atoms with E-state index in [1.807, 2.05) is 24.0 Å². The fourth-order valence-corrected chi connectivity index (χ4v) is 3.61. The highest BCUT2D eigenvalue weighted by Crippen LogP contribution is 2.19. The number of halogens is 1. The molecule has 0 aliphatic heterocycles. The maximum Gasteiger partial charge on any atom is 0.193 e. The molecule has 0 saturated heterocycles. The smallest absolute Gasteiger partial charge is 0.193 e. The summed E-state index contributed by atoms with van der Waals surface area (Å²) in [5, 5.41) is 9.21. The summed E-state index contributed by atoms with van der Waals surface area (Å²) in [5.41, 5.74) is 4.70. The molecule has 0 amide bonds. The van der Waals surface area contributed by atoms with Gasteiger partial charge >= 0.3 is 0 Å². The van der Waals surface area contributed by atoms with Crippen molar-refractivity contribution >= 4 is 40.8 Å². The van der Waals surface area contributed by atoms with Crippen molar-refractivity contribution in [1.82, 2.24) is 25.0 Å². The molecule has 0 bridgehead atoms. The van der Waals surface area contributed by atoms with Gasteiger partial charge in [0.15, 0.2) is 5.96 Å². The fourth-order valence-electron chi connectivity index (χ4n) is 3.61. The van der Waals surface area contributed by atoms with E-state index >= 15 is 0 Å². The quantitative estimate of drug-likeness (QED) is 0.286. The molecule has 0 unspecified atom stereocenters. The van der Waals surface area contributed by atoms with Crippen LogP contribution < -0.4 is 5.32 Å². The highest BCUT2D eigenvalue weighted by atomic mass is 127. The average Bonchev–Trinajstić information content (AvgIpc) is 3.07. The Morgan fingerprint density at radius 3 is 2.70 bits per heavy atom. The Morgan fingerprint density at radius 1 is 1.20 bits per heavy atom. The van der Waals surface area contributed by atoms with Crippen LogP contribution in [0, 0.1) is 0 Å². The van der Waals surface area contributed by atoms with E-state index < -0.39 is 0 Å². The molecule has 0 spiro atoms. The van der Waals surface area contributed by atoms with E-state index in [2.05, 4.69) is 78.6 Å². The first-order valence-electron chi connectivity index (χ1n) is 10.3. The van der Waals surface area contributed by atoms with Crippen LogP contribution in [0.1, 0.15) is 43.5 Å². The summed E-state index contributed by atoms with van der Waals surface area (Å²) in [6, 6.07) is 10.4. The molecule has 162 valence electrons. The van der Waals surface area contributed by atoms with Crippen LogP contribution >= 0.6 is 24.0 Å². The molecule has 2 aromatic heterocycles. The topological polar surface area (TPSA) is 58.3 Å². The van der Waals surface area contributed by atoms with Gasteiger partial charge in [-0.15, -0.1) is 24.0 Å². The van der Waals surface area contributed by atoms with Gasteiger partial charge in [0, 0.05) is 57.1 Å². The number of hydrogen-bond acceptors (Lipinski definition) is 3. The first-order valence-corrected chi connectivity index (χ1v) is 10.3. The number of hydrogen-bond donors (Lipinski definition) is 1. The zero-order valence-corrected chi connectivity index (χ0v) is 20.9. The van der Waals surface area contributed by atoms with Crippen molar-refractivity contribution in [3.8, 4) is 0 Å². The van der Waals surface area contributed by atoms with Crippen molar-refractivity contribution in [2.24, 2.45) is 12.0 Å². The van der Waals surface area contributed by atoms with Crippen LogP contribution in [0.25, 0.3) is 10.9 Å². The van der Waals surface area contributed by atoms with Crippen molar-refractivity contribution in [1.29, 1.82) is 0 Å².